The standard InChI is InChI=1S/C36H20N2OS/c1-2-11-25-23(8-1)20-27-26-12-3-6-15-32(26)40-35(27)33(25)24-10-7-9-21(18-24)22-16-17-31-28(19-22)34-36(39-31)38-30-14-5-4-13-29(30)37-34/h1-20H. The zero-order valence-electron chi connectivity index (χ0n) is 21.3. The molecule has 0 radical (unpaired) electrons. The maximum atomic E-state index is 6.10. The fraction of sp³-hybridized carbons (Fsp3) is 0. The predicted octanol–water partition coefficient (Wildman–Crippen LogP) is 10.4. The number of fused-ring (bicyclic) bond motifs is 8. The number of hydrogen-bond donors (Lipinski definition) is 0. The summed E-state index contributed by atoms with van der Waals surface area (Å²) in [6.07, 6.45) is 0. The Kier molecular flexibility index (Phi) is 4.48. The number of rotatable bonds is 2. The van der Waals surface area contributed by atoms with Gasteiger partial charge in [-0.3, -0.25) is 0 Å². The minimum absolute atomic E-state index is 0.572. The molecule has 0 N–H and O–H groups in total. The third kappa shape index (κ3) is 3.17. The van der Waals surface area contributed by atoms with Crippen molar-refractivity contribution in [3.05, 3.63) is 121 Å². The lowest BCUT2D eigenvalue weighted by molar-refractivity contribution is 0.655. The van der Waals surface area contributed by atoms with Gasteiger partial charge in [0.2, 0.25) is 5.71 Å². The Labute approximate surface area is 233 Å². The lowest BCUT2D eigenvalue weighted by Crippen LogP contribution is -1.85. The van der Waals surface area contributed by atoms with E-state index in [0.717, 1.165) is 38.6 Å². The quantitative estimate of drug-likeness (QED) is 0.224. The molecule has 0 amide bonds. The van der Waals surface area contributed by atoms with Gasteiger partial charge in [0.05, 0.1) is 11.0 Å². The Morgan fingerprint density at radius 2 is 1.27 bits per heavy atom. The van der Waals surface area contributed by atoms with Crippen LogP contribution in [0.25, 0.3) is 86.4 Å². The van der Waals surface area contributed by atoms with Crippen molar-refractivity contribution >= 4 is 75.5 Å². The van der Waals surface area contributed by atoms with Crippen LogP contribution in [-0.2, 0) is 0 Å². The van der Waals surface area contributed by atoms with Crippen LogP contribution in [0.4, 0.5) is 0 Å². The van der Waals surface area contributed by atoms with E-state index >= 15 is 0 Å². The van der Waals surface area contributed by atoms with Crippen LogP contribution in [0.1, 0.15) is 0 Å². The fourth-order valence-corrected chi connectivity index (χ4v) is 7.25. The van der Waals surface area contributed by atoms with Crippen LogP contribution in [0, 0.1) is 0 Å². The Morgan fingerprint density at radius 1 is 0.525 bits per heavy atom. The topological polar surface area (TPSA) is 38.9 Å². The van der Waals surface area contributed by atoms with Crippen LogP contribution >= 0.6 is 11.3 Å². The van der Waals surface area contributed by atoms with Crippen molar-refractivity contribution in [1.82, 2.24) is 9.97 Å². The maximum Gasteiger partial charge on any atom is 0.246 e. The molecule has 9 rings (SSSR count). The van der Waals surface area contributed by atoms with Gasteiger partial charge in [-0.1, -0.05) is 78.9 Å². The molecule has 0 unspecified atom stereocenters. The van der Waals surface area contributed by atoms with E-state index in [9.17, 15) is 0 Å². The number of nitrogens with zero attached hydrogens (tertiary/aromatic N) is 2. The molecule has 0 fully saturated rings. The van der Waals surface area contributed by atoms with E-state index < -0.39 is 0 Å². The van der Waals surface area contributed by atoms with Crippen molar-refractivity contribution < 1.29 is 4.42 Å². The summed E-state index contributed by atoms with van der Waals surface area (Å²) >= 11 is 1.88. The first kappa shape index (κ1) is 21.8. The average molecular weight is 529 g/mol. The highest BCUT2D eigenvalue weighted by atomic mass is 32.1. The van der Waals surface area contributed by atoms with Crippen molar-refractivity contribution in [3.63, 3.8) is 0 Å². The van der Waals surface area contributed by atoms with Crippen LogP contribution in [0.15, 0.2) is 126 Å². The molecule has 9 aromatic rings. The zero-order valence-corrected chi connectivity index (χ0v) is 22.1. The summed E-state index contributed by atoms with van der Waals surface area (Å²) in [5, 5.41) is 6.15. The molecular formula is C36H20N2OS. The molecule has 6 aromatic carbocycles. The summed E-state index contributed by atoms with van der Waals surface area (Å²) in [4.78, 5) is 9.62. The van der Waals surface area contributed by atoms with Crippen molar-refractivity contribution in [2.45, 2.75) is 0 Å². The van der Waals surface area contributed by atoms with Gasteiger partial charge in [0.1, 0.15) is 11.1 Å². The van der Waals surface area contributed by atoms with E-state index in [1.54, 1.807) is 0 Å². The average Bonchev–Trinajstić information content (AvgIpc) is 3.55. The molecule has 3 heterocycles. The second-order valence-electron chi connectivity index (χ2n) is 10.2. The highest BCUT2D eigenvalue weighted by molar-refractivity contribution is 7.26. The van der Waals surface area contributed by atoms with E-state index in [0.29, 0.717) is 5.71 Å². The number of hydrogen-bond acceptors (Lipinski definition) is 4. The first-order valence-electron chi connectivity index (χ1n) is 13.3. The number of thiophene rings is 1. The Balaban J connectivity index is 1.27. The van der Waals surface area contributed by atoms with Gasteiger partial charge in [0.25, 0.3) is 0 Å². The van der Waals surface area contributed by atoms with Crippen molar-refractivity contribution in [2.24, 2.45) is 0 Å². The van der Waals surface area contributed by atoms with E-state index in [4.69, 9.17) is 14.4 Å². The van der Waals surface area contributed by atoms with Gasteiger partial charge in [-0.15, -0.1) is 11.3 Å². The molecule has 40 heavy (non-hydrogen) atoms. The number of aromatic nitrogens is 2. The third-order valence-electron chi connectivity index (χ3n) is 7.86. The molecule has 0 saturated carbocycles. The zero-order chi connectivity index (χ0) is 26.2. The highest BCUT2D eigenvalue weighted by Crippen LogP contribution is 2.44. The Morgan fingerprint density at radius 3 is 2.20 bits per heavy atom. The predicted molar refractivity (Wildman–Crippen MR) is 168 cm³/mol. The smallest absolute Gasteiger partial charge is 0.246 e. The van der Waals surface area contributed by atoms with Gasteiger partial charge in [0, 0.05) is 31.1 Å². The first-order chi connectivity index (χ1) is 19.8. The first-order valence-corrected chi connectivity index (χ1v) is 14.1. The van der Waals surface area contributed by atoms with Gasteiger partial charge in [0.15, 0.2) is 0 Å². The molecule has 0 aliphatic carbocycles. The fourth-order valence-electron chi connectivity index (χ4n) is 5.98. The van der Waals surface area contributed by atoms with Crippen LogP contribution in [-0.4, -0.2) is 9.97 Å². The number of para-hydroxylation sites is 2. The van der Waals surface area contributed by atoms with Gasteiger partial charge in [-0.05, 0) is 69.9 Å². The molecule has 0 spiro atoms. The second-order valence-corrected chi connectivity index (χ2v) is 11.3. The molecule has 0 aliphatic rings. The van der Waals surface area contributed by atoms with Crippen molar-refractivity contribution in [2.75, 3.05) is 0 Å². The Bertz CT molecular complexity index is 2450. The highest BCUT2D eigenvalue weighted by Gasteiger charge is 2.16. The molecule has 186 valence electrons. The molecule has 0 saturated heterocycles. The van der Waals surface area contributed by atoms with E-state index in [1.165, 1.54) is 42.1 Å². The monoisotopic (exact) mass is 528 g/mol. The normalized spacial score (nSPS) is 12.0. The lowest BCUT2D eigenvalue weighted by atomic mass is 9.93. The third-order valence-corrected chi connectivity index (χ3v) is 9.06. The SMILES string of the molecule is c1cc(-c2ccc3oc4nc5ccccc5nc4c3c2)cc(-c2c3ccccc3cc3c2sc2ccccc23)c1. The summed E-state index contributed by atoms with van der Waals surface area (Å²) < 4.78 is 8.74. The van der Waals surface area contributed by atoms with E-state index in [2.05, 4.69) is 91.0 Å². The van der Waals surface area contributed by atoms with Crippen molar-refractivity contribution in [1.29, 1.82) is 0 Å². The van der Waals surface area contributed by atoms with Crippen LogP contribution in [0.5, 0.6) is 0 Å². The molecule has 0 atom stereocenters. The van der Waals surface area contributed by atoms with E-state index in [1.807, 2.05) is 41.7 Å². The largest absolute Gasteiger partial charge is 0.436 e. The van der Waals surface area contributed by atoms with Gasteiger partial charge in [-0.25, -0.2) is 9.97 Å². The van der Waals surface area contributed by atoms with Gasteiger partial charge >= 0.3 is 0 Å². The number of furan rings is 1. The van der Waals surface area contributed by atoms with Crippen LogP contribution in [0.2, 0.25) is 0 Å². The minimum Gasteiger partial charge on any atom is -0.436 e. The van der Waals surface area contributed by atoms with Gasteiger partial charge in [-0.2, -0.15) is 0 Å². The van der Waals surface area contributed by atoms with Crippen LogP contribution < -0.4 is 0 Å². The number of benzene rings is 6. The molecular weight excluding hydrogens is 508 g/mol. The molecule has 0 aliphatic heterocycles. The summed E-state index contributed by atoms with van der Waals surface area (Å²) in [5.41, 5.74) is 8.67. The maximum absolute atomic E-state index is 6.10. The second kappa shape index (κ2) is 8.22. The molecule has 0 bridgehead atoms. The summed E-state index contributed by atoms with van der Waals surface area (Å²) in [5.74, 6) is 0. The molecule has 4 heteroatoms. The van der Waals surface area contributed by atoms with Crippen molar-refractivity contribution in [3.8, 4) is 22.3 Å². The summed E-state index contributed by atoms with van der Waals surface area (Å²) in [7, 11) is 0. The molecule has 3 aromatic heterocycles. The van der Waals surface area contributed by atoms with Gasteiger partial charge < -0.3 is 4.42 Å². The lowest BCUT2D eigenvalue weighted by Gasteiger charge is -2.11. The Hall–Kier alpha value is -5.06. The van der Waals surface area contributed by atoms with Crippen LogP contribution in [0.3, 0.4) is 0 Å². The van der Waals surface area contributed by atoms with E-state index in [-0.39, 0.29) is 0 Å². The summed E-state index contributed by atoms with van der Waals surface area (Å²) in [6, 6.07) is 42.9. The minimum atomic E-state index is 0.572. The molecule has 3 nitrogen and oxygen atoms in total. The summed E-state index contributed by atoms with van der Waals surface area (Å²) in [6.45, 7) is 0.